The normalized spacial score (nSPS) is 10.6. The Labute approximate surface area is 134 Å². The molecule has 23 heavy (non-hydrogen) atoms. The van der Waals surface area contributed by atoms with Crippen LogP contribution in [0.3, 0.4) is 0 Å². The van der Waals surface area contributed by atoms with Crippen molar-refractivity contribution < 1.29 is 14.2 Å². The van der Waals surface area contributed by atoms with Crippen LogP contribution < -0.4 is 19.9 Å². The Bertz CT molecular complexity index is 845. The van der Waals surface area contributed by atoms with Crippen molar-refractivity contribution in [1.82, 2.24) is 4.98 Å². The summed E-state index contributed by atoms with van der Waals surface area (Å²) in [7, 11) is 3.22. The highest BCUT2D eigenvalue weighted by atomic mass is 16.5. The van der Waals surface area contributed by atoms with Crippen LogP contribution in [-0.2, 0) is 0 Å². The first-order chi connectivity index (χ1) is 11.1. The Morgan fingerprint density at radius 3 is 2.30 bits per heavy atom. The number of nitrogen functional groups attached to an aromatic ring is 1. The van der Waals surface area contributed by atoms with Crippen LogP contribution in [0, 0.1) is 6.92 Å². The summed E-state index contributed by atoms with van der Waals surface area (Å²) in [5, 5.41) is 0.847. The van der Waals surface area contributed by atoms with Gasteiger partial charge in [-0.15, -0.1) is 0 Å². The first-order valence-electron chi connectivity index (χ1n) is 7.17. The predicted molar refractivity (Wildman–Crippen MR) is 90.5 cm³/mol. The fourth-order valence-corrected chi connectivity index (χ4v) is 2.48. The molecule has 0 saturated carbocycles. The van der Waals surface area contributed by atoms with Gasteiger partial charge < -0.3 is 19.9 Å². The van der Waals surface area contributed by atoms with Gasteiger partial charge in [-0.3, -0.25) is 4.98 Å². The molecule has 5 nitrogen and oxygen atoms in total. The summed E-state index contributed by atoms with van der Waals surface area (Å²) >= 11 is 0. The highest BCUT2D eigenvalue weighted by Crippen LogP contribution is 2.42. The Balaban J connectivity index is 2.16. The highest BCUT2D eigenvalue weighted by molar-refractivity contribution is 5.98. The van der Waals surface area contributed by atoms with Gasteiger partial charge in [0.05, 0.1) is 30.8 Å². The summed E-state index contributed by atoms with van der Waals surface area (Å²) in [6.07, 6.45) is 1.73. The van der Waals surface area contributed by atoms with Gasteiger partial charge in [-0.25, -0.2) is 0 Å². The van der Waals surface area contributed by atoms with Crippen molar-refractivity contribution in [2.45, 2.75) is 6.92 Å². The molecule has 0 bridgehead atoms. The number of benzene rings is 2. The van der Waals surface area contributed by atoms with Gasteiger partial charge >= 0.3 is 0 Å². The lowest BCUT2D eigenvalue weighted by atomic mass is 10.1. The van der Waals surface area contributed by atoms with Crippen LogP contribution in [0.4, 0.5) is 5.69 Å². The minimum Gasteiger partial charge on any atom is -0.497 e. The zero-order valence-electron chi connectivity index (χ0n) is 13.3. The number of pyridine rings is 1. The topological polar surface area (TPSA) is 66.6 Å². The van der Waals surface area contributed by atoms with E-state index in [1.165, 1.54) is 0 Å². The number of aryl methyl sites for hydroxylation is 1. The van der Waals surface area contributed by atoms with E-state index in [0.29, 0.717) is 28.5 Å². The third-order valence-corrected chi connectivity index (χ3v) is 3.67. The van der Waals surface area contributed by atoms with Gasteiger partial charge in [0, 0.05) is 12.3 Å². The van der Waals surface area contributed by atoms with Gasteiger partial charge in [-0.05, 0) is 42.8 Å². The second-order valence-electron chi connectivity index (χ2n) is 5.13. The van der Waals surface area contributed by atoms with Crippen molar-refractivity contribution in [2.75, 3.05) is 20.0 Å². The van der Waals surface area contributed by atoms with E-state index in [0.717, 1.165) is 16.7 Å². The molecule has 118 valence electrons. The van der Waals surface area contributed by atoms with E-state index < -0.39 is 0 Å². The van der Waals surface area contributed by atoms with Gasteiger partial charge in [0.25, 0.3) is 0 Å². The second-order valence-corrected chi connectivity index (χ2v) is 5.13. The van der Waals surface area contributed by atoms with E-state index in [1.54, 1.807) is 26.5 Å². The summed E-state index contributed by atoms with van der Waals surface area (Å²) in [6, 6.07) is 11.0. The molecule has 0 spiro atoms. The van der Waals surface area contributed by atoms with Gasteiger partial charge in [0.2, 0.25) is 0 Å². The van der Waals surface area contributed by atoms with Crippen LogP contribution >= 0.6 is 0 Å². The van der Waals surface area contributed by atoms with E-state index in [9.17, 15) is 0 Å². The van der Waals surface area contributed by atoms with Gasteiger partial charge in [0.15, 0.2) is 11.5 Å². The second kappa shape index (κ2) is 6.04. The minimum atomic E-state index is 0.558. The van der Waals surface area contributed by atoms with E-state index in [1.807, 2.05) is 37.3 Å². The van der Waals surface area contributed by atoms with Crippen molar-refractivity contribution in [2.24, 2.45) is 0 Å². The maximum atomic E-state index is 6.09. The predicted octanol–water partition coefficient (Wildman–Crippen LogP) is 3.93. The molecule has 2 N–H and O–H groups in total. The summed E-state index contributed by atoms with van der Waals surface area (Å²) in [5.41, 5.74) is 8.37. The third kappa shape index (κ3) is 2.73. The van der Waals surface area contributed by atoms with Crippen LogP contribution in [0.1, 0.15) is 5.56 Å². The number of hydrogen-bond acceptors (Lipinski definition) is 5. The Morgan fingerprint density at radius 1 is 0.957 bits per heavy atom. The average Bonchev–Trinajstić information content (AvgIpc) is 2.58. The maximum Gasteiger partial charge on any atom is 0.179 e. The molecule has 3 aromatic rings. The molecule has 0 radical (unpaired) electrons. The smallest absolute Gasteiger partial charge is 0.179 e. The summed E-state index contributed by atoms with van der Waals surface area (Å²) in [4.78, 5) is 4.37. The molecule has 0 aliphatic heterocycles. The first kappa shape index (κ1) is 15.0. The molecule has 2 aromatic carbocycles. The molecule has 3 rings (SSSR count). The van der Waals surface area contributed by atoms with Gasteiger partial charge in [-0.2, -0.15) is 0 Å². The molecule has 0 fully saturated rings. The van der Waals surface area contributed by atoms with Crippen molar-refractivity contribution in [3.8, 4) is 23.0 Å². The van der Waals surface area contributed by atoms with Crippen LogP contribution in [-0.4, -0.2) is 19.2 Å². The largest absolute Gasteiger partial charge is 0.497 e. The molecule has 0 aliphatic carbocycles. The van der Waals surface area contributed by atoms with Crippen LogP contribution in [0.2, 0.25) is 0 Å². The number of fused-ring (bicyclic) bond motifs is 1. The van der Waals surface area contributed by atoms with Crippen LogP contribution in [0.25, 0.3) is 10.9 Å². The number of hydrogen-bond donors (Lipinski definition) is 1. The molecule has 0 unspecified atom stereocenters. The standard InChI is InChI=1S/C18H18N2O3/c1-11-8-9-20-17-14(19)10-15(22-3)18(16(11)17)23-13-6-4-12(21-2)5-7-13/h4-10H,19H2,1-3H3. The molecule has 1 aromatic heterocycles. The summed E-state index contributed by atoms with van der Waals surface area (Å²) in [6.45, 7) is 1.99. The number of nitrogens with zero attached hydrogens (tertiary/aromatic N) is 1. The van der Waals surface area contributed by atoms with E-state index in [-0.39, 0.29) is 0 Å². The number of anilines is 1. The molecule has 0 amide bonds. The highest BCUT2D eigenvalue weighted by Gasteiger charge is 2.16. The lowest BCUT2D eigenvalue weighted by molar-refractivity contribution is 0.380. The van der Waals surface area contributed by atoms with Crippen LogP contribution in [0.15, 0.2) is 42.6 Å². The van der Waals surface area contributed by atoms with Crippen molar-refractivity contribution in [3.63, 3.8) is 0 Å². The van der Waals surface area contributed by atoms with E-state index in [4.69, 9.17) is 19.9 Å². The Kier molecular flexibility index (Phi) is 3.93. The SMILES string of the molecule is COc1ccc(Oc2c(OC)cc(N)c3nccc(C)c23)cc1. The Hall–Kier alpha value is -2.95. The molecule has 1 heterocycles. The lowest BCUT2D eigenvalue weighted by Gasteiger charge is -2.16. The Morgan fingerprint density at radius 2 is 1.65 bits per heavy atom. The third-order valence-electron chi connectivity index (χ3n) is 3.67. The van der Waals surface area contributed by atoms with Gasteiger partial charge in [-0.1, -0.05) is 0 Å². The zero-order chi connectivity index (χ0) is 16.4. The van der Waals surface area contributed by atoms with Gasteiger partial charge in [0.1, 0.15) is 11.5 Å². The van der Waals surface area contributed by atoms with Crippen molar-refractivity contribution in [3.05, 3.63) is 48.2 Å². The molecule has 0 atom stereocenters. The zero-order valence-corrected chi connectivity index (χ0v) is 13.3. The number of ether oxygens (including phenoxy) is 3. The molecular formula is C18H18N2O3. The fraction of sp³-hybridized carbons (Fsp3) is 0.167. The first-order valence-corrected chi connectivity index (χ1v) is 7.17. The minimum absolute atomic E-state index is 0.558. The molecule has 0 aliphatic rings. The summed E-state index contributed by atoms with van der Waals surface area (Å²) in [5.74, 6) is 2.62. The van der Waals surface area contributed by atoms with E-state index in [2.05, 4.69) is 4.98 Å². The quantitative estimate of drug-likeness (QED) is 0.739. The average molecular weight is 310 g/mol. The van der Waals surface area contributed by atoms with Crippen molar-refractivity contribution >= 4 is 16.6 Å². The van der Waals surface area contributed by atoms with Crippen molar-refractivity contribution in [1.29, 1.82) is 0 Å². The monoisotopic (exact) mass is 310 g/mol. The molecule has 5 heteroatoms. The molecular weight excluding hydrogens is 292 g/mol. The lowest BCUT2D eigenvalue weighted by Crippen LogP contribution is -1.98. The maximum absolute atomic E-state index is 6.09. The van der Waals surface area contributed by atoms with E-state index >= 15 is 0 Å². The number of aromatic nitrogens is 1. The fourth-order valence-electron chi connectivity index (χ4n) is 2.48. The van der Waals surface area contributed by atoms with Crippen LogP contribution in [0.5, 0.6) is 23.0 Å². The number of rotatable bonds is 4. The number of methoxy groups -OCH3 is 2. The number of nitrogens with two attached hydrogens (primary N) is 1. The molecule has 0 saturated heterocycles. The summed E-state index contributed by atoms with van der Waals surface area (Å²) < 4.78 is 16.7.